The van der Waals surface area contributed by atoms with Gasteiger partial charge in [0.05, 0.1) is 17.7 Å². The monoisotopic (exact) mass is 373 g/mol. The van der Waals surface area contributed by atoms with Crippen molar-refractivity contribution in [2.45, 2.75) is 19.9 Å². The van der Waals surface area contributed by atoms with Crippen LogP contribution in [0.4, 0.5) is 5.13 Å². The molecule has 2 aromatic rings. The molecule has 0 aliphatic carbocycles. The lowest BCUT2D eigenvalue weighted by molar-refractivity contribution is -0.119. The van der Waals surface area contributed by atoms with Gasteiger partial charge in [0.1, 0.15) is 6.04 Å². The Bertz CT molecular complexity index is 872. The first-order valence-corrected chi connectivity index (χ1v) is 8.72. The molecule has 0 bridgehead atoms. The van der Waals surface area contributed by atoms with Crippen LogP contribution < -0.4 is 5.32 Å². The largest absolute Gasteiger partial charge is 0.461 e. The summed E-state index contributed by atoms with van der Waals surface area (Å²) in [6.45, 7) is 3.35. The average molecular weight is 373 g/mol. The number of ether oxygens (including phenoxy) is 1. The van der Waals surface area contributed by atoms with Crippen LogP contribution in [0.3, 0.4) is 0 Å². The van der Waals surface area contributed by atoms with E-state index >= 15 is 0 Å². The van der Waals surface area contributed by atoms with Crippen molar-refractivity contribution in [2.24, 2.45) is 0 Å². The van der Waals surface area contributed by atoms with Gasteiger partial charge in [-0.1, -0.05) is 12.1 Å². The fourth-order valence-electron chi connectivity index (χ4n) is 2.52. The molecule has 0 fully saturated rings. The zero-order valence-electron chi connectivity index (χ0n) is 14.0. The molecule has 1 aliphatic rings. The maximum atomic E-state index is 12.4. The number of benzene rings is 1. The smallest absolute Gasteiger partial charge is 0.357 e. The molecular formula is C17H15N3O5S. The van der Waals surface area contributed by atoms with Crippen molar-refractivity contribution in [3.8, 4) is 0 Å². The number of carbonyl (C=O) groups is 4. The summed E-state index contributed by atoms with van der Waals surface area (Å²) in [4.78, 5) is 53.8. The molecule has 2 heterocycles. The van der Waals surface area contributed by atoms with E-state index in [2.05, 4.69) is 10.3 Å². The SMILES string of the molecule is CCOC(=O)c1csc(NC(=O)C(C)N2C(=O)c3ccccc3C2=O)n1. The highest BCUT2D eigenvalue weighted by Crippen LogP contribution is 2.25. The van der Waals surface area contributed by atoms with E-state index in [1.165, 1.54) is 12.3 Å². The molecule has 3 amide bonds. The number of imide groups is 1. The van der Waals surface area contributed by atoms with Crippen molar-refractivity contribution in [3.63, 3.8) is 0 Å². The molecule has 0 saturated heterocycles. The second-order valence-electron chi connectivity index (χ2n) is 5.45. The number of aromatic nitrogens is 1. The molecule has 8 nitrogen and oxygen atoms in total. The normalized spacial score (nSPS) is 14.2. The van der Waals surface area contributed by atoms with Crippen molar-refractivity contribution in [3.05, 3.63) is 46.5 Å². The summed E-state index contributed by atoms with van der Waals surface area (Å²) in [7, 11) is 0. The second-order valence-corrected chi connectivity index (χ2v) is 6.31. The predicted octanol–water partition coefficient (Wildman–Crippen LogP) is 1.94. The summed E-state index contributed by atoms with van der Waals surface area (Å²) in [5, 5.41) is 4.16. The van der Waals surface area contributed by atoms with Crippen molar-refractivity contribution in [1.29, 1.82) is 0 Å². The first kappa shape index (κ1) is 17.7. The lowest BCUT2D eigenvalue weighted by atomic mass is 10.1. The quantitative estimate of drug-likeness (QED) is 0.634. The van der Waals surface area contributed by atoms with Crippen LogP contribution in [-0.2, 0) is 9.53 Å². The molecule has 1 aromatic carbocycles. The van der Waals surface area contributed by atoms with Crippen molar-refractivity contribution < 1.29 is 23.9 Å². The Labute approximate surface area is 152 Å². The Morgan fingerprint density at radius 3 is 2.42 bits per heavy atom. The fraction of sp³-hybridized carbons (Fsp3) is 0.235. The average Bonchev–Trinajstić information content (AvgIpc) is 3.19. The lowest BCUT2D eigenvalue weighted by Gasteiger charge is -2.21. The number of rotatable bonds is 5. The summed E-state index contributed by atoms with van der Waals surface area (Å²) in [5.74, 6) is -2.19. The maximum absolute atomic E-state index is 12.4. The van der Waals surface area contributed by atoms with Gasteiger partial charge in [0.2, 0.25) is 5.91 Å². The first-order valence-electron chi connectivity index (χ1n) is 7.84. The Morgan fingerprint density at radius 2 is 1.85 bits per heavy atom. The van der Waals surface area contributed by atoms with Gasteiger partial charge in [-0.15, -0.1) is 11.3 Å². The van der Waals surface area contributed by atoms with Gasteiger partial charge in [0, 0.05) is 5.38 Å². The van der Waals surface area contributed by atoms with E-state index in [0.29, 0.717) is 0 Å². The number of thiazole rings is 1. The van der Waals surface area contributed by atoms with E-state index < -0.39 is 29.7 Å². The van der Waals surface area contributed by atoms with Gasteiger partial charge in [-0.25, -0.2) is 9.78 Å². The number of anilines is 1. The van der Waals surface area contributed by atoms with Crippen LogP contribution in [0.25, 0.3) is 0 Å². The summed E-state index contributed by atoms with van der Waals surface area (Å²) in [6, 6.07) is 5.38. The molecule has 1 aromatic heterocycles. The van der Waals surface area contributed by atoms with Crippen molar-refractivity contribution in [1.82, 2.24) is 9.88 Å². The van der Waals surface area contributed by atoms with E-state index in [9.17, 15) is 19.2 Å². The van der Waals surface area contributed by atoms with Crippen LogP contribution in [0.2, 0.25) is 0 Å². The lowest BCUT2D eigenvalue weighted by Crippen LogP contribution is -2.45. The molecule has 9 heteroatoms. The van der Waals surface area contributed by atoms with Crippen LogP contribution in [0.1, 0.15) is 45.1 Å². The highest BCUT2D eigenvalue weighted by Gasteiger charge is 2.40. The highest BCUT2D eigenvalue weighted by molar-refractivity contribution is 7.14. The summed E-state index contributed by atoms with van der Waals surface area (Å²) in [5.41, 5.74) is 0.632. The van der Waals surface area contributed by atoms with E-state index in [1.54, 1.807) is 31.2 Å². The Kier molecular flexibility index (Phi) is 4.81. The maximum Gasteiger partial charge on any atom is 0.357 e. The van der Waals surface area contributed by atoms with Crippen molar-refractivity contribution in [2.75, 3.05) is 11.9 Å². The van der Waals surface area contributed by atoms with Gasteiger partial charge in [0.25, 0.3) is 11.8 Å². The van der Waals surface area contributed by atoms with E-state index in [1.807, 2.05) is 0 Å². The molecule has 1 aliphatic heterocycles. The van der Waals surface area contributed by atoms with Crippen molar-refractivity contribution >= 4 is 40.2 Å². The number of hydrogen-bond donors (Lipinski definition) is 1. The fourth-order valence-corrected chi connectivity index (χ4v) is 3.20. The van der Waals surface area contributed by atoms with Gasteiger partial charge in [-0.05, 0) is 26.0 Å². The Morgan fingerprint density at radius 1 is 1.23 bits per heavy atom. The summed E-state index contributed by atoms with van der Waals surface area (Å²) >= 11 is 1.05. The molecule has 0 saturated carbocycles. The topological polar surface area (TPSA) is 106 Å². The number of nitrogens with one attached hydrogen (secondary N) is 1. The van der Waals surface area contributed by atoms with Crippen LogP contribution in [0.5, 0.6) is 0 Å². The number of hydrogen-bond acceptors (Lipinski definition) is 7. The number of nitrogens with zero attached hydrogens (tertiary/aromatic N) is 2. The molecule has 1 unspecified atom stereocenters. The van der Waals surface area contributed by atoms with Crippen LogP contribution in [-0.4, -0.2) is 46.2 Å². The molecule has 0 spiro atoms. The number of amides is 3. The molecular weight excluding hydrogens is 358 g/mol. The third-order valence-corrected chi connectivity index (χ3v) is 4.57. The Balaban J connectivity index is 1.72. The summed E-state index contributed by atoms with van der Waals surface area (Å²) in [6.07, 6.45) is 0. The van der Waals surface area contributed by atoms with Gasteiger partial charge < -0.3 is 10.1 Å². The van der Waals surface area contributed by atoms with E-state index in [-0.39, 0.29) is 28.6 Å². The molecule has 1 atom stereocenters. The molecule has 26 heavy (non-hydrogen) atoms. The first-order chi connectivity index (χ1) is 12.4. The number of fused-ring (bicyclic) bond motifs is 1. The third-order valence-electron chi connectivity index (χ3n) is 3.81. The van der Waals surface area contributed by atoms with Gasteiger partial charge >= 0.3 is 5.97 Å². The van der Waals surface area contributed by atoms with Crippen LogP contribution in [0, 0.1) is 0 Å². The highest BCUT2D eigenvalue weighted by atomic mass is 32.1. The minimum absolute atomic E-state index is 0.0838. The minimum Gasteiger partial charge on any atom is -0.461 e. The van der Waals surface area contributed by atoms with E-state index in [4.69, 9.17) is 4.74 Å². The number of carbonyl (C=O) groups excluding carboxylic acids is 4. The van der Waals surface area contributed by atoms with Gasteiger partial charge in [0.15, 0.2) is 10.8 Å². The van der Waals surface area contributed by atoms with E-state index in [0.717, 1.165) is 16.2 Å². The number of esters is 1. The summed E-state index contributed by atoms with van der Waals surface area (Å²) < 4.78 is 4.83. The molecule has 1 N–H and O–H groups in total. The van der Waals surface area contributed by atoms with Crippen LogP contribution >= 0.6 is 11.3 Å². The molecule has 0 radical (unpaired) electrons. The molecule has 3 rings (SSSR count). The van der Waals surface area contributed by atoms with Gasteiger partial charge in [-0.3, -0.25) is 19.3 Å². The Hall–Kier alpha value is -3.07. The van der Waals surface area contributed by atoms with Gasteiger partial charge in [-0.2, -0.15) is 0 Å². The molecule has 134 valence electrons. The zero-order valence-corrected chi connectivity index (χ0v) is 14.8. The zero-order chi connectivity index (χ0) is 18.8. The standard InChI is InChI=1S/C17H15N3O5S/c1-3-25-16(24)12-8-26-17(18-12)19-13(21)9(2)20-14(22)10-6-4-5-7-11(10)15(20)23/h4-9H,3H2,1-2H3,(H,18,19,21). The minimum atomic E-state index is -1.03. The third kappa shape index (κ3) is 3.08. The van der Waals surface area contributed by atoms with Crippen LogP contribution in [0.15, 0.2) is 29.6 Å². The predicted molar refractivity (Wildman–Crippen MR) is 93.1 cm³/mol. The second kappa shape index (κ2) is 7.04.